The Hall–Kier alpha value is -2.43. The molecule has 0 bridgehead atoms. The zero-order valence-corrected chi connectivity index (χ0v) is 9.84. The predicted octanol–water partition coefficient (Wildman–Crippen LogP) is 2.38. The molecule has 1 aromatic heterocycles. The minimum Gasteiger partial charge on any atom is -0.508 e. The number of esters is 1. The summed E-state index contributed by atoms with van der Waals surface area (Å²) in [5.74, 6) is 0.371. The van der Waals surface area contributed by atoms with E-state index in [1.165, 1.54) is 13.4 Å². The number of nitrogens with one attached hydrogen (secondary N) is 1. The van der Waals surface area contributed by atoms with Crippen molar-refractivity contribution in [3.63, 3.8) is 0 Å². The maximum absolute atomic E-state index is 11.2. The van der Waals surface area contributed by atoms with Crippen molar-refractivity contribution < 1.29 is 19.1 Å². The molecule has 2 rings (SSSR count). The zero-order valence-electron chi connectivity index (χ0n) is 9.84. The number of phenols is 1. The average molecular weight is 247 g/mol. The molecule has 0 amide bonds. The van der Waals surface area contributed by atoms with Crippen LogP contribution in [0.15, 0.2) is 41.0 Å². The van der Waals surface area contributed by atoms with Crippen molar-refractivity contribution >= 4 is 11.7 Å². The highest BCUT2D eigenvalue weighted by Gasteiger charge is 2.09. The molecule has 0 atom stereocenters. The number of ether oxygens (including phenoxy) is 1. The van der Waals surface area contributed by atoms with Gasteiger partial charge in [0.2, 0.25) is 0 Å². The summed E-state index contributed by atoms with van der Waals surface area (Å²) in [6.45, 7) is 0.417. The Balaban J connectivity index is 1.98. The first-order valence-electron chi connectivity index (χ1n) is 5.37. The van der Waals surface area contributed by atoms with E-state index in [1.54, 1.807) is 24.3 Å². The number of phenolic OH excluding ortho intramolecular Hbond substituents is 1. The number of hydrogen-bond acceptors (Lipinski definition) is 5. The molecule has 1 heterocycles. The predicted molar refractivity (Wildman–Crippen MR) is 65.5 cm³/mol. The molecule has 5 nitrogen and oxygen atoms in total. The van der Waals surface area contributed by atoms with Crippen LogP contribution in [0.3, 0.4) is 0 Å². The van der Waals surface area contributed by atoms with Crippen LogP contribution in [0.4, 0.5) is 5.69 Å². The number of rotatable bonds is 4. The third kappa shape index (κ3) is 2.82. The standard InChI is InChI=1S/C13H13NO4/c1-17-13(16)9-5-12(18-8-9)7-14-10-3-2-4-11(15)6-10/h2-6,8,14-15H,7H2,1H3. The number of carbonyl (C=O) groups excluding carboxylic acids is 1. The van der Waals surface area contributed by atoms with E-state index in [0.29, 0.717) is 17.9 Å². The molecular weight excluding hydrogens is 234 g/mol. The Bertz CT molecular complexity index is 547. The summed E-state index contributed by atoms with van der Waals surface area (Å²) in [5, 5.41) is 12.4. The molecule has 0 aliphatic rings. The van der Waals surface area contributed by atoms with Crippen LogP contribution in [-0.4, -0.2) is 18.2 Å². The van der Waals surface area contributed by atoms with Gasteiger partial charge in [-0.05, 0) is 18.2 Å². The van der Waals surface area contributed by atoms with E-state index in [4.69, 9.17) is 4.42 Å². The van der Waals surface area contributed by atoms with E-state index in [9.17, 15) is 9.90 Å². The molecule has 0 aliphatic carbocycles. The van der Waals surface area contributed by atoms with Crippen LogP contribution in [0.2, 0.25) is 0 Å². The Morgan fingerprint density at radius 2 is 2.28 bits per heavy atom. The molecule has 2 aromatic rings. The average Bonchev–Trinajstić information content (AvgIpc) is 2.84. The highest BCUT2D eigenvalue weighted by Crippen LogP contribution is 2.17. The summed E-state index contributed by atoms with van der Waals surface area (Å²) in [7, 11) is 1.32. The number of aromatic hydroxyl groups is 1. The number of methoxy groups -OCH3 is 1. The highest BCUT2D eigenvalue weighted by molar-refractivity contribution is 5.88. The van der Waals surface area contributed by atoms with E-state index < -0.39 is 5.97 Å². The summed E-state index contributed by atoms with van der Waals surface area (Å²) in [6, 6.07) is 8.36. The summed E-state index contributed by atoms with van der Waals surface area (Å²) >= 11 is 0. The first-order valence-corrected chi connectivity index (χ1v) is 5.37. The Morgan fingerprint density at radius 1 is 1.44 bits per heavy atom. The molecule has 0 saturated carbocycles. The molecule has 0 unspecified atom stereocenters. The second kappa shape index (κ2) is 5.27. The number of carbonyl (C=O) groups is 1. The molecule has 0 spiro atoms. The molecule has 18 heavy (non-hydrogen) atoms. The number of anilines is 1. The van der Waals surface area contributed by atoms with E-state index >= 15 is 0 Å². The van der Waals surface area contributed by atoms with Crippen LogP contribution in [0.5, 0.6) is 5.75 Å². The first-order chi connectivity index (χ1) is 8.69. The van der Waals surface area contributed by atoms with Gasteiger partial charge in [0.15, 0.2) is 0 Å². The van der Waals surface area contributed by atoms with Gasteiger partial charge in [-0.15, -0.1) is 0 Å². The fraction of sp³-hybridized carbons (Fsp3) is 0.154. The first kappa shape index (κ1) is 12.0. The van der Waals surface area contributed by atoms with Gasteiger partial charge >= 0.3 is 5.97 Å². The van der Waals surface area contributed by atoms with Gasteiger partial charge in [-0.2, -0.15) is 0 Å². The summed E-state index contributed by atoms with van der Waals surface area (Å²) in [6.07, 6.45) is 1.35. The Morgan fingerprint density at radius 3 is 3.00 bits per heavy atom. The Labute approximate surface area is 104 Å². The third-order valence-corrected chi connectivity index (χ3v) is 2.39. The quantitative estimate of drug-likeness (QED) is 0.811. The maximum atomic E-state index is 11.2. The molecule has 94 valence electrons. The maximum Gasteiger partial charge on any atom is 0.341 e. The lowest BCUT2D eigenvalue weighted by Crippen LogP contribution is -2.00. The summed E-state index contributed by atoms with van der Waals surface area (Å²) in [4.78, 5) is 11.2. The van der Waals surface area contributed by atoms with Gasteiger partial charge in [0.05, 0.1) is 19.2 Å². The second-order valence-corrected chi connectivity index (χ2v) is 3.70. The number of furan rings is 1. The third-order valence-electron chi connectivity index (χ3n) is 2.39. The lowest BCUT2D eigenvalue weighted by atomic mass is 10.3. The topological polar surface area (TPSA) is 71.7 Å². The van der Waals surface area contributed by atoms with Crippen LogP contribution in [0.1, 0.15) is 16.1 Å². The fourth-order valence-electron chi connectivity index (χ4n) is 1.50. The largest absolute Gasteiger partial charge is 0.508 e. The fourth-order valence-corrected chi connectivity index (χ4v) is 1.50. The van der Waals surface area contributed by atoms with Gasteiger partial charge in [-0.3, -0.25) is 0 Å². The van der Waals surface area contributed by atoms with E-state index in [1.807, 2.05) is 6.07 Å². The molecular formula is C13H13NO4. The zero-order chi connectivity index (χ0) is 13.0. The monoisotopic (exact) mass is 247 g/mol. The molecule has 5 heteroatoms. The smallest absolute Gasteiger partial charge is 0.341 e. The van der Waals surface area contributed by atoms with Crippen LogP contribution < -0.4 is 5.32 Å². The molecule has 2 N–H and O–H groups in total. The van der Waals surface area contributed by atoms with Gasteiger partial charge < -0.3 is 19.6 Å². The lowest BCUT2D eigenvalue weighted by molar-refractivity contribution is 0.0600. The van der Waals surface area contributed by atoms with Gasteiger partial charge in [-0.1, -0.05) is 6.07 Å². The van der Waals surface area contributed by atoms with E-state index in [-0.39, 0.29) is 5.75 Å². The molecule has 0 aliphatic heterocycles. The van der Waals surface area contributed by atoms with Crippen molar-refractivity contribution in [2.75, 3.05) is 12.4 Å². The minimum atomic E-state index is -0.428. The van der Waals surface area contributed by atoms with E-state index in [0.717, 1.165) is 5.69 Å². The van der Waals surface area contributed by atoms with Gasteiger partial charge in [0.25, 0.3) is 0 Å². The molecule has 1 aromatic carbocycles. The van der Waals surface area contributed by atoms with Crippen LogP contribution >= 0.6 is 0 Å². The van der Waals surface area contributed by atoms with Crippen molar-refractivity contribution in [1.82, 2.24) is 0 Å². The van der Waals surface area contributed by atoms with Crippen molar-refractivity contribution in [3.8, 4) is 5.75 Å². The van der Waals surface area contributed by atoms with E-state index in [2.05, 4.69) is 10.1 Å². The van der Waals surface area contributed by atoms with Crippen LogP contribution in [-0.2, 0) is 11.3 Å². The van der Waals surface area contributed by atoms with Crippen LogP contribution in [0.25, 0.3) is 0 Å². The van der Waals surface area contributed by atoms with Crippen molar-refractivity contribution in [2.24, 2.45) is 0 Å². The van der Waals surface area contributed by atoms with Gasteiger partial charge in [-0.25, -0.2) is 4.79 Å². The normalized spacial score (nSPS) is 10.1. The molecule has 0 saturated heterocycles. The Kier molecular flexibility index (Phi) is 3.52. The molecule has 0 fully saturated rings. The van der Waals surface area contributed by atoms with Gasteiger partial charge in [0, 0.05) is 11.8 Å². The van der Waals surface area contributed by atoms with Gasteiger partial charge in [0.1, 0.15) is 17.8 Å². The molecule has 0 radical (unpaired) electrons. The SMILES string of the molecule is COC(=O)c1coc(CNc2cccc(O)c2)c1. The summed E-state index contributed by atoms with van der Waals surface area (Å²) < 4.78 is 9.79. The highest BCUT2D eigenvalue weighted by atomic mass is 16.5. The summed E-state index contributed by atoms with van der Waals surface area (Å²) in [5.41, 5.74) is 1.15. The van der Waals surface area contributed by atoms with Crippen molar-refractivity contribution in [2.45, 2.75) is 6.54 Å². The van der Waals surface area contributed by atoms with Crippen molar-refractivity contribution in [1.29, 1.82) is 0 Å². The number of hydrogen-bond donors (Lipinski definition) is 2. The lowest BCUT2D eigenvalue weighted by Gasteiger charge is -2.04. The van der Waals surface area contributed by atoms with Crippen LogP contribution in [0, 0.1) is 0 Å². The minimum absolute atomic E-state index is 0.190. The van der Waals surface area contributed by atoms with Crippen molar-refractivity contribution in [3.05, 3.63) is 47.9 Å². The number of benzene rings is 1. The second-order valence-electron chi connectivity index (χ2n) is 3.70.